The first-order chi connectivity index (χ1) is 15.3. The maximum Gasteiger partial charge on any atom is 0.417 e. The molecule has 0 aliphatic rings. The first-order valence-corrected chi connectivity index (χ1v) is 11.6. The predicted octanol–water partition coefficient (Wildman–Crippen LogP) is 5.35. The molecule has 0 N–H and O–H groups in total. The first kappa shape index (κ1) is 26.6. The lowest BCUT2D eigenvalue weighted by atomic mass is 10.3. The second kappa shape index (κ2) is 10.5. The third kappa shape index (κ3) is 6.89. The van der Waals surface area contributed by atoms with Crippen LogP contribution < -0.4 is 10.0 Å². The zero-order valence-electron chi connectivity index (χ0n) is 17.6. The molecule has 1 heterocycles. The van der Waals surface area contributed by atoms with Crippen molar-refractivity contribution in [2.24, 2.45) is 0 Å². The lowest BCUT2D eigenvalue weighted by Crippen LogP contribution is -2.20. The van der Waals surface area contributed by atoms with E-state index in [1.807, 2.05) is 0 Å². The van der Waals surface area contributed by atoms with E-state index < -0.39 is 59.3 Å². The first-order valence-electron chi connectivity index (χ1n) is 9.39. The van der Waals surface area contributed by atoms with E-state index in [0.717, 1.165) is 18.2 Å². The molecule has 14 heteroatoms. The highest BCUT2D eigenvalue weighted by Crippen LogP contribution is 2.48. The number of aromatic nitrogens is 1. The van der Waals surface area contributed by atoms with Gasteiger partial charge in [-0.05, 0) is 26.0 Å². The van der Waals surface area contributed by atoms with Crippen LogP contribution in [0.25, 0.3) is 0 Å². The van der Waals surface area contributed by atoms with Crippen LogP contribution in [-0.2, 0) is 24.8 Å². The minimum Gasteiger partial charge on any atom is -0.461 e. The summed E-state index contributed by atoms with van der Waals surface area (Å²) in [5.41, 5.74) is -1.65. The number of rotatable bonds is 9. The topological polar surface area (TPSA) is 118 Å². The maximum absolute atomic E-state index is 13.4. The Balaban J connectivity index is 2.40. The molecular weight excluding hydrogens is 492 g/mol. The highest BCUT2D eigenvalue weighted by Gasteiger charge is 2.34. The summed E-state index contributed by atoms with van der Waals surface area (Å²) >= 11 is 5.82. The van der Waals surface area contributed by atoms with Crippen LogP contribution in [0.1, 0.15) is 26.3 Å². The number of alkyl halides is 3. The van der Waals surface area contributed by atoms with Crippen molar-refractivity contribution in [2.45, 2.75) is 33.1 Å². The second-order valence-electron chi connectivity index (χ2n) is 6.82. The van der Waals surface area contributed by atoms with Gasteiger partial charge in [-0.2, -0.15) is 13.2 Å². The van der Waals surface area contributed by atoms with Crippen LogP contribution in [0.3, 0.4) is 0 Å². The molecule has 0 saturated heterocycles. The Morgan fingerprint density at radius 3 is 2.48 bits per heavy atom. The van der Waals surface area contributed by atoms with Crippen molar-refractivity contribution in [2.75, 3.05) is 12.8 Å². The maximum atomic E-state index is 13.4. The Morgan fingerprint density at radius 2 is 1.97 bits per heavy atom. The van der Waals surface area contributed by atoms with Crippen LogP contribution in [-0.4, -0.2) is 34.7 Å². The normalized spacial score (nSPS) is 13.5. The molecule has 0 aliphatic heterocycles. The van der Waals surface area contributed by atoms with E-state index in [1.165, 1.54) is 6.92 Å². The van der Waals surface area contributed by atoms with Crippen molar-refractivity contribution in [1.82, 2.24) is 4.98 Å². The van der Waals surface area contributed by atoms with E-state index in [-0.39, 0.29) is 17.2 Å². The van der Waals surface area contributed by atoms with Gasteiger partial charge in [0.2, 0.25) is 13.2 Å². The van der Waals surface area contributed by atoms with E-state index >= 15 is 0 Å². The highest BCUT2D eigenvalue weighted by atomic mass is 35.5. The van der Waals surface area contributed by atoms with Crippen molar-refractivity contribution in [3.63, 3.8) is 0 Å². The highest BCUT2D eigenvalue weighted by molar-refractivity contribution is 7.67. The number of nitro groups is 1. The molecule has 0 aliphatic carbocycles. The van der Waals surface area contributed by atoms with E-state index in [4.69, 9.17) is 25.6 Å². The molecule has 0 bridgehead atoms. The Kier molecular flexibility index (Phi) is 8.45. The van der Waals surface area contributed by atoms with Crippen LogP contribution in [0.2, 0.25) is 5.02 Å². The lowest BCUT2D eigenvalue weighted by molar-refractivity contribution is -0.383. The number of nitro benzene ring substituents is 1. The number of nitrogens with zero attached hydrogens (tertiary/aromatic N) is 2. The third-order valence-electron chi connectivity index (χ3n) is 4.03. The molecule has 0 radical (unpaired) electrons. The predicted molar refractivity (Wildman–Crippen MR) is 112 cm³/mol. The molecule has 0 saturated carbocycles. The van der Waals surface area contributed by atoms with Gasteiger partial charge in [0.15, 0.2) is 6.61 Å². The van der Waals surface area contributed by atoms with Crippen LogP contribution >= 0.6 is 19.0 Å². The summed E-state index contributed by atoms with van der Waals surface area (Å²) in [5, 5.41) is 10.7. The van der Waals surface area contributed by atoms with Crippen molar-refractivity contribution in [3.8, 4) is 11.6 Å². The third-order valence-corrected chi connectivity index (χ3v) is 6.78. The van der Waals surface area contributed by atoms with Crippen LogP contribution in [0.15, 0.2) is 30.5 Å². The van der Waals surface area contributed by atoms with E-state index in [0.29, 0.717) is 12.3 Å². The van der Waals surface area contributed by atoms with Gasteiger partial charge in [0.25, 0.3) is 5.69 Å². The summed E-state index contributed by atoms with van der Waals surface area (Å²) in [5.74, 6) is -1.36. The minimum absolute atomic E-state index is 0.146. The molecule has 0 spiro atoms. The summed E-state index contributed by atoms with van der Waals surface area (Å²) in [6.45, 7) is 3.94. The molecule has 1 aromatic heterocycles. The molecule has 1 atom stereocenters. The number of ether oxygens (including phenoxy) is 2. The lowest BCUT2D eigenvalue weighted by Gasteiger charge is -2.18. The fraction of sp³-hybridized carbons (Fsp3) is 0.368. The van der Waals surface area contributed by atoms with Gasteiger partial charge in [-0.15, -0.1) is 0 Å². The summed E-state index contributed by atoms with van der Waals surface area (Å²) < 4.78 is 67.3. The number of pyridine rings is 1. The average Bonchev–Trinajstić information content (AvgIpc) is 2.72. The Labute approximate surface area is 191 Å². The average molecular weight is 511 g/mol. The Bertz CT molecular complexity index is 1100. The van der Waals surface area contributed by atoms with Crippen LogP contribution in [0, 0.1) is 10.1 Å². The van der Waals surface area contributed by atoms with Crippen LogP contribution in [0.5, 0.6) is 11.6 Å². The Morgan fingerprint density at radius 1 is 1.30 bits per heavy atom. The molecule has 1 aromatic carbocycles. The number of hydrogen-bond acceptors (Lipinski definition) is 8. The van der Waals surface area contributed by atoms with Gasteiger partial charge in [0.05, 0.1) is 16.6 Å². The molecule has 180 valence electrons. The summed E-state index contributed by atoms with van der Waals surface area (Å²) in [6, 6.07) is 3.76. The van der Waals surface area contributed by atoms with Gasteiger partial charge in [-0.1, -0.05) is 18.5 Å². The van der Waals surface area contributed by atoms with Crippen molar-refractivity contribution >= 4 is 35.9 Å². The zero-order chi connectivity index (χ0) is 25.0. The fourth-order valence-electron chi connectivity index (χ4n) is 2.55. The number of esters is 1. The summed E-state index contributed by atoms with van der Waals surface area (Å²) in [4.78, 5) is 26.0. The van der Waals surface area contributed by atoms with Gasteiger partial charge in [0, 0.05) is 24.5 Å². The molecule has 2 aromatic rings. The van der Waals surface area contributed by atoms with E-state index in [1.54, 1.807) is 13.8 Å². The monoisotopic (exact) mass is 510 g/mol. The number of carbonyl (C=O) groups is 1. The molecule has 33 heavy (non-hydrogen) atoms. The molecule has 2 rings (SSSR count). The second-order valence-corrected chi connectivity index (χ2v) is 9.95. The largest absolute Gasteiger partial charge is 0.461 e. The zero-order valence-corrected chi connectivity index (χ0v) is 19.2. The van der Waals surface area contributed by atoms with Crippen molar-refractivity contribution < 1.29 is 41.5 Å². The van der Waals surface area contributed by atoms with E-state index in [2.05, 4.69) is 4.98 Å². The smallest absolute Gasteiger partial charge is 0.417 e. The van der Waals surface area contributed by atoms with Gasteiger partial charge in [-0.3, -0.25) is 14.7 Å². The number of carbonyl (C=O) groups excluding carboxylic acids is 1. The molecular formula is C19H19ClF3N2O7P. The SMILES string of the molecule is CCP(=O)(OCC(=O)OC(C)C)c1cc(Oc2ncc(C(F)(F)F)cc2Cl)ccc1[N+](=O)[O-]. The van der Waals surface area contributed by atoms with E-state index in [9.17, 15) is 32.6 Å². The van der Waals surface area contributed by atoms with Gasteiger partial charge in [0.1, 0.15) is 16.1 Å². The summed E-state index contributed by atoms with van der Waals surface area (Å²) in [6.07, 6.45) is -4.81. The Hall–Kier alpha value is -2.69. The van der Waals surface area contributed by atoms with Gasteiger partial charge < -0.3 is 14.0 Å². The number of benzene rings is 1. The van der Waals surface area contributed by atoms with Gasteiger partial charge in [-0.25, -0.2) is 9.78 Å². The molecule has 0 fully saturated rings. The van der Waals surface area contributed by atoms with Crippen LogP contribution in [0.4, 0.5) is 18.9 Å². The number of halogens is 4. The van der Waals surface area contributed by atoms with Gasteiger partial charge >= 0.3 is 12.1 Å². The molecule has 0 amide bonds. The van der Waals surface area contributed by atoms with Crippen molar-refractivity contribution in [1.29, 1.82) is 0 Å². The quantitative estimate of drug-likeness (QED) is 0.192. The van der Waals surface area contributed by atoms with Crippen molar-refractivity contribution in [3.05, 3.63) is 51.2 Å². The molecule has 9 nitrogen and oxygen atoms in total. The standard InChI is InChI=1S/C19H19ClF3N2O7P/c1-4-33(29,30-10-17(26)31-11(2)3)16-8-13(5-6-15(16)25(27)28)32-18-14(20)7-12(9-24-18)19(21,22)23/h5-9,11H,4,10H2,1-3H3. The fourth-order valence-corrected chi connectivity index (χ4v) is 4.56. The minimum atomic E-state index is -4.67. The number of hydrogen-bond donors (Lipinski definition) is 0. The summed E-state index contributed by atoms with van der Waals surface area (Å²) in [7, 11) is -3.94. The molecule has 1 unspecified atom stereocenters.